The van der Waals surface area contributed by atoms with Gasteiger partial charge < -0.3 is 9.52 Å². The van der Waals surface area contributed by atoms with Gasteiger partial charge in [0.15, 0.2) is 12.0 Å². The van der Waals surface area contributed by atoms with E-state index in [-0.39, 0.29) is 0 Å². The molecule has 126 valence electrons. The molecule has 0 aliphatic rings. The summed E-state index contributed by atoms with van der Waals surface area (Å²) in [6.45, 7) is 2.25. The lowest BCUT2D eigenvalue weighted by atomic mass is 10.0. The van der Waals surface area contributed by atoms with Crippen molar-refractivity contribution in [2.24, 2.45) is 0 Å². The summed E-state index contributed by atoms with van der Waals surface area (Å²) in [6, 6.07) is 10.9. The molecule has 1 aromatic heterocycles. The quantitative estimate of drug-likeness (QED) is 0.471. The fourth-order valence-electron chi connectivity index (χ4n) is 2.35. The Hall–Kier alpha value is -2.03. The number of rotatable bonds is 9. The standard InChI is InChI=1S/C15H24O.C5H4O2/c1-2-3-4-5-6-7-8-11-14-12-9-10-13-15(14)16;6-4-5-2-1-3-7-5/h9-10,12-13,16H,2-8,11H2,1H3;1-4H. The number of benzene rings is 1. The van der Waals surface area contributed by atoms with Crippen molar-refractivity contribution in [2.45, 2.75) is 58.3 Å². The number of phenolic OH excluding ortho intramolecular Hbond substituents is 1. The minimum atomic E-state index is 0.375. The van der Waals surface area contributed by atoms with Crippen molar-refractivity contribution in [3.63, 3.8) is 0 Å². The molecule has 0 saturated heterocycles. The van der Waals surface area contributed by atoms with Crippen LogP contribution in [-0.2, 0) is 6.42 Å². The maximum absolute atomic E-state index is 9.77. The highest BCUT2D eigenvalue weighted by Gasteiger charge is 1.98. The number of carbonyl (C=O) groups is 1. The monoisotopic (exact) mass is 316 g/mol. The number of carbonyl (C=O) groups excluding carboxylic acids is 1. The molecule has 0 bridgehead atoms. The number of unbranched alkanes of at least 4 members (excludes halogenated alkanes) is 6. The molecule has 2 aromatic rings. The SMILES string of the molecule is CCCCCCCCCc1ccccc1O.O=Cc1ccco1. The van der Waals surface area contributed by atoms with Gasteiger partial charge >= 0.3 is 0 Å². The number of aromatic hydroxyl groups is 1. The van der Waals surface area contributed by atoms with Gasteiger partial charge in [-0.1, -0.05) is 63.6 Å². The fraction of sp³-hybridized carbons (Fsp3) is 0.450. The van der Waals surface area contributed by atoms with Gasteiger partial charge in [0.2, 0.25) is 0 Å². The first-order chi connectivity index (χ1) is 11.3. The third-order valence-corrected chi connectivity index (χ3v) is 3.70. The van der Waals surface area contributed by atoms with Crippen molar-refractivity contribution in [1.82, 2.24) is 0 Å². The van der Waals surface area contributed by atoms with Crippen molar-refractivity contribution < 1.29 is 14.3 Å². The lowest BCUT2D eigenvalue weighted by molar-refractivity contribution is 0.110. The smallest absolute Gasteiger partial charge is 0.185 e. The average molecular weight is 316 g/mol. The van der Waals surface area contributed by atoms with Gasteiger partial charge in [-0.05, 0) is 36.6 Å². The Morgan fingerprint density at radius 2 is 1.65 bits per heavy atom. The van der Waals surface area contributed by atoms with E-state index in [0.29, 0.717) is 17.8 Å². The van der Waals surface area contributed by atoms with Crippen LogP contribution in [0.5, 0.6) is 5.75 Å². The maximum atomic E-state index is 9.77. The number of aryl methyl sites for hydroxylation is 1. The highest BCUT2D eigenvalue weighted by atomic mass is 16.3. The van der Waals surface area contributed by atoms with Crippen LogP contribution < -0.4 is 0 Å². The van der Waals surface area contributed by atoms with E-state index < -0.39 is 0 Å². The summed E-state index contributed by atoms with van der Waals surface area (Å²) in [5.74, 6) is 0.827. The molecule has 0 aliphatic heterocycles. The topological polar surface area (TPSA) is 50.4 Å². The molecular formula is C20H28O3. The second kappa shape index (κ2) is 12.5. The Morgan fingerprint density at radius 3 is 2.22 bits per heavy atom. The molecular weight excluding hydrogens is 288 g/mol. The van der Waals surface area contributed by atoms with Gasteiger partial charge in [-0.3, -0.25) is 4.79 Å². The van der Waals surface area contributed by atoms with Crippen molar-refractivity contribution in [1.29, 1.82) is 0 Å². The normalized spacial score (nSPS) is 9.96. The lowest BCUT2D eigenvalue weighted by Gasteiger charge is -2.04. The minimum Gasteiger partial charge on any atom is -0.508 e. The number of hydrogen-bond acceptors (Lipinski definition) is 3. The average Bonchev–Trinajstić information content (AvgIpc) is 3.10. The molecule has 2 rings (SSSR count). The Kier molecular flexibility index (Phi) is 10.3. The zero-order chi connectivity index (χ0) is 16.8. The molecule has 3 heteroatoms. The van der Waals surface area contributed by atoms with Crippen LogP contribution in [0.4, 0.5) is 0 Å². The predicted octanol–water partition coefficient (Wildman–Crippen LogP) is 5.78. The molecule has 23 heavy (non-hydrogen) atoms. The Bertz CT molecular complexity index is 517. The molecule has 0 saturated carbocycles. The van der Waals surface area contributed by atoms with Gasteiger partial charge in [-0.25, -0.2) is 0 Å². The van der Waals surface area contributed by atoms with Crippen LogP contribution in [0.15, 0.2) is 47.1 Å². The van der Waals surface area contributed by atoms with Crippen molar-refractivity contribution in [2.75, 3.05) is 0 Å². The van der Waals surface area contributed by atoms with E-state index in [9.17, 15) is 9.90 Å². The molecule has 1 aromatic carbocycles. The van der Waals surface area contributed by atoms with E-state index in [4.69, 9.17) is 0 Å². The molecule has 1 N–H and O–H groups in total. The van der Waals surface area contributed by atoms with Gasteiger partial charge in [-0.2, -0.15) is 0 Å². The lowest BCUT2D eigenvalue weighted by Crippen LogP contribution is -1.87. The van der Waals surface area contributed by atoms with Gasteiger partial charge in [0.25, 0.3) is 0 Å². The van der Waals surface area contributed by atoms with Gasteiger partial charge in [0.05, 0.1) is 6.26 Å². The molecule has 0 fully saturated rings. The summed E-state index contributed by atoms with van der Waals surface area (Å²) in [7, 11) is 0. The van der Waals surface area contributed by atoms with Crippen LogP contribution in [0.3, 0.4) is 0 Å². The van der Waals surface area contributed by atoms with Gasteiger partial charge in [-0.15, -0.1) is 0 Å². The molecule has 0 unspecified atom stereocenters. The zero-order valence-corrected chi connectivity index (χ0v) is 14.0. The minimum absolute atomic E-state index is 0.375. The maximum Gasteiger partial charge on any atom is 0.185 e. The van der Waals surface area contributed by atoms with Crippen molar-refractivity contribution in [3.05, 3.63) is 54.0 Å². The summed E-state index contributed by atoms with van der Waals surface area (Å²) in [5, 5.41) is 9.58. The zero-order valence-electron chi connectivity index (χ0n) is 14.0. The molecule has 0 radical (unpaired) electrons. The first-order valence-corrected chi connectivity index (χ1v) is 8.53. The number of para-hydroxylation sites is 1. The van der Waals surface area contributed by atoms with E-state index in [1.54, 1.807) is 18.2 Å². The van der Waals surface area contributed by atoms with Gasteiger partial charge in [0, 0.05) is 0 Å². The van der Waals surface area contributed by atoms with Gasteiger partial charge in [0.1, 0.15) is 5.75 Å². The molecule has 0 aliphatic carbocycles. The van der Waals surface area contributed by atoms with Crippen LogP contribution in [0, 0.1) is 0 Å². The highest BCUT2D eigenvalue weighted by molar-refractivity contribution is 5.69. The first kappa shape index (κ1) is 19.0. The van der Waals surface area contributed by atoms with Crippen molar-refractivity contribution >= 4 is 6.29 Å². The second-order valence-electron chi connectivity index (χ2n) is 5.63. The third-order valence-electron chi connectivity index (χ3n) is 3.70. The number of aldehydes is 1. The van der Waals surface area contributed by atoms with Crippen LogP contribution in [0.25, 0.3) is 0 Å². The third kappa shape index (κ3) is 8.87. The summed E-state index contributed by atoms with van der Waals surface area (Å²) in [4.78, 5) is 9.77. The first-order valence-electron chi connectivity index (χ1n) is 8.53. The molecule has 1 heterocycles. The van der Waals surface area contributed by atoms with E-state index in [2.05, 4.69) is 11.3 Å². The van der Waals surface area contributed by atoms with Crippen LogP contribution in [0.1, 0.15) is 68.0 Å². The fourth-order valence-corrected chi connectivity index (χ4v) is 2.35. The summed E-state index contributed by atoms with van der Waals surface area (Å²) in [5.41, 5.74) is 1.09. The van der Waals surface area contributed by atoms with E-state index in [0.717, 1.165) is 12.0 Å². The van der Waals surface area contributed by atoms with Crippen LogP contribution in [0.2, 0.25) is 0 Å². The summed E-state index contributed by atoms with van der Waals surface area (Å²) < 4.78 is 4.61. The second-order valence-corrected chi connectivity index (χ2v) is 5.63. The van der Waals surface area contributed by atoms with Crippen molar-refractivity contribution in [3.8, 4) is 5.75 Å². The summed E-state index contributed by atoms with van der Waals surface area (Å²) in [6.07, 6.45) is 12.4. The predicted molar refractivity (Wildman–Crippen MR) is 93.9 cm³/mol. The Morgan fingerprint density at radius 1 is 0.957 bits per heavy atom. The van der Waals surface area contributed by atoms with E-state index >= 15 is 0 Å². The largest absolute Gasteiger partial charge is 0.508 e. The number of hydrogen-bond donors (Lipinski definition) is 1. The summed E-state index contributed by atoms with van der Waals surface area (Å²) >= 11 is 0. The number of furan rings is 1. The highest BCUT2D eigenvalue weighted by Crippen LogP contribution is 2.18. The number of phenols is 1. The Labute approximate surface area is 139 Å². The molecule has 3 nitrogen and oxygen atoms in total. The molecule has 0 spiro atoms. The molecule has 0 amide bonds. The molecule has 0 atom stereocenters. The van der Waals surface area contributed by atoms with Crippen LogP contribution >= 0.6 is 0 Å². The Balaban J connectivity index is 0.000000313. The van der Waals surface area contributed by atoms with E-state index in [1.807, 2.05) is 18.2 Å². The van der Waals surface area contributed by atoms with E-state index in [1.165, 1.54) is 51.2 Å². The van der Waals surface area contributed by atoms with Crippen LogP contribution in [-0.4, -0.2) is 11.4 Å².